The van der Waals surface area contributed by atoms with Crippen molar-refractivity contribution in [2.24, 2.45) is 11.8 Å². The third-order valence-electron chi connectivity index (χ3n) is 7.90. The predicted molar refractivity (Wildman–Crippen MR) is 141 cm³/mol. The van der Waals surface area contributed by atoms with Gasteiger partial charge in [-0.1, -0.05) is 84.8 Å². The Labute approximate surface area is 205 Å². The molecule has 1 aliphatic carbocycles. The second-order valence-electron chi connectivity index (χ2n) is 11.8. The smallest absolute Gasteiger partial charge is 0.303 e. The summed E-state index contributed by atoms with van der Waals surface area (Å²) < 4.78 is 6.94. The molecule has 33 heavy (non-hydrogen) atoms. The lowest BCUT2D eigenvalue weighted by atomic mass is 9.88. The van der Waals surface area contributed by atoms with Crippen molar-refractivity contribution in [1.82, 2.24) is 0 Å². The molecular formula is C28H52O4Si. The minimum atomic E-state index is -1.86. The Morgan fingerprint density at radius 3 is 2.39 bits per heavy atom. The number of unbranched alkanes of at least 4 members (excludes halogenated alkanes) is 5. The average Bonchev–Trinajstić information content (AvgIpc) is 3.06. The maximum Gasteiger partial charge on any atom is 0.303 e. The van der Waals surface area contributed by atoms with Crippen LogP contribution < -0.4 is 0 Å². The van der Waals surface area contributed by atoms with Crippen LogP contribution in [0.15, 0.2) is 11.6 Å². The highest BCUT2D eigenvalue weighted by molar-refractivity contribution is 6.74. The molecule has 192 valence electrons. The number of Topliss-reactive ketones (excluding diaryl/α,β-unsaturated/α-hetero) is 1. The lowest BCUT2D eigenvalue weighted by molar-refractivity contribution is -0.137. The quantitative estimate of drug-likeness (QED) is 0.129. The first-order valence-electron chi connectivity index (χ1n) is 13.5. The lowest BCUT2D eigenvalue weighted by Gasteiger charge is -2.41. The Kier molecular flexibility index (Phi) is 13.2. The van der Waals surface area contributed by atoms with Gasteiger partial charge in [0.2, 0.25) is 0 Å². The average molecular weight is 481 g/mol. The van der Waals surface area contributed by atoms with Crippen LogP contribution in [0.3, 0.4) is 0 Å². The van der Waals surface area contributed by atoms with E-state index in [1.54, 1.807) is 0 Å². The van der Waals surface area contributed by atoms with E-state index in [0.29, 0.717) is 18.1 Å². The highest BCUT2D eigenvalue weighted by Crippen LogP contribution is 2.40. The van der Waals surface area contributed by atoms with Crippen molar-refractivity contribution >= 4 is 20.1 Å². The maximum absolute atomic E-state index is 12.6. The first-order chi connectivity index (χ1) is 15.4. The van der Waals surface area contributed by atoms with Crippen LogP contribution in [0.1, 0.15) is 118 Å². The molecule has 0 saturated carbocycles. The zero-order valence-electron chi connectivity index (χ0n) is 22.7. The first-order valence-corrected chi connectivity index (χ1v) is 16.4. The van der Waals surface area contributed by atoms with Gasteiger partial charge in [-0.2, -0.15) is 0 Å². The Morgan fingerprint density at radius 1 is 1.12 bits per heavy atom. The van der Waals surface area contributed by atoms with E-state index in [1.165, 1.54) is 31.3 Å². The molecule has 4 nitrogen and oxygen atoms in total. The Bertz CT molecular complexity index is 632. The standard InChI is InChI=1S/C28H52O4Si/c1-8-9-12-15-22(2)26(32-33(6,7)28(3,4)5)21-19-23-18-20-25(29)24(23)16-13-10-11-14-17-27(30)31/h18,22,24,26H,8-17,19-21H2,1-7H3,(H,30,31)/t22?,24-,26?/m1/s1. The summed E-state index contributed by atoms with van der Waals surface area (Å²) in [7, 11) is -1.86. The fourth-order valence-corrected chi connectivity index (χ4v) is 6.01. The topological polar surface area (TPSA) is 63.6 Å². The van der Waals surface area contributed by atoms with E-state index < -0.39 is 14.3 Å². The molecule has 0 spiro atoms. The number of aliphatic carboxylic acids is 1. The molecule has 0 heterocycles. The summed E-state index contributed by atoms with van der Waals surface area (Å²) in [5, 5.41) is 8.96. The zero-order chi connectivity index (χ0) is 25.1. The molecule has 1 rings (SSSR count). The number of ketones is 1. The number of hydrogen-bond donors (Lipinski definition) is 1. The van der Waals surface area contributed by atoms with Gasteiger partial charge in [0.15, 0.2) is 8.32 Å². The SMILES string of the molecule is CCCCCC(C)C(CCC1=CCC(=O)[C@@H]1CCCCCCC(=O)O)O[Si](C)(C)C(C)(C)C. The molecule has 2 unspecified atom stereocenters. The van der Waals surface area contributed by atoms with E-state index in [-0.39, 0.29) is 23.5 Å². The maximum atomic E-state index is 12.6. The zero-order valence-corrected chi connectivity index (χ0v) is 23.7. The van der Waals surface area contributed by atoms with Gasteiger partial charge in [0.1, 0.15) is 5.78 Å². The molecule has 5 heteroatoms. The van der Waals surface area contributed by atoms with Crippen molar-refractivity contribution in [2.45, 2.75) is 142 Å². The third-order valence-corrected chi connectivity index (χ3v) is 12.4. The molecule has 0 saturated heterocycles. The molecule has 0 aromatic heterocycles. The first kappa shape index (κ1) is 30.1. The largest absolute Gasteiger partial charge is 0.481 e. The van der Waals surface area contributed by atoms with E-state index >= 15 is 0 Å². The van der Waals surface area contributed by atoms with Crippen molar-refractivity contribution in [1.29, 1.82) is 0 Å². The molecule has 3 atom stereocenters. The molecule has 0 aliphatic heterocycles. The number of carboxylic acids is 1. The molecule has 0 aromatic carbocycles. The monoisotopic (exact) mass is 480 g/mol. The van der Waals surface area contributed by atoms with Gasteiger partial charge >= 0.3 is 5.97 Å². The van der Waals surface area contributed by atoms with Crippen molar-refractivity contribution in [2.75, 3.05) is 0 Å². The van der Waals surface area contributed by atoms with Crippen LogP contribution in [-0.2, 0) is 14.0 Å². The molecule has 0 radical (unpaired) electrons. The van der Waals surface area contributed by atoms with E-state index in [0.717, 1.165) is 44.9 Å². The fourth-order valence-electron chi connectivity index (χ4n) is 4.55. The van der Waals surface area contributed by atoms with Crippen LogP contribution >= 0.6 is 0 Å². The summed E-state index contributed by atoms with van der Waals surface area (Å²) in [6, 6.07) is 0. The fraction of sp³-hybridized carbons (Fsp3) is 0.857. The van der Waals surface area contributed by atoms with Gasteiger partial charge in [-0.25, -0.2) is 0 Å². The minimum Gasteiger partial charge on any atom is -0.481 e. The number of rotatable bonds is 17. The summed E-state index contributed by atoms with van der Waals surface area (Å²) >= 11 is 0. The van der Waals surface area contributed by atoms with Gasteiger partial charge in [0.25, 0.3) is 0 Å². The predicted octanol–water partition coefficient (Wildman–Crippen LogP) is 8.31. The van der Waals surface area contributed by atoms with Gasteiger partial charge in [0, 0.05) is 24.9 Å². The number of carbonyl (C=O) groups excluding carboxylic acids is 1. The van der Waals surface area contributed by atoms with Crippen molar-refractivity contribution in [3.63, 3.8) is 0 Å². The molecule has 0 amide bonds. The number of carboxylic acid groups (broad SMARTS) is 1. The van der Waals surface area contributed by atoms with Crippen LogP contribution in [0.4, 0.5) is 0 Å². The number of hydrogen-bond acceptors (Lipinski definition) is 3. The third kappa shape index (κ3) is 10.9. The van der Waals surface area contributed by atoms with Crippen LogP contribution in [0, 0.1) is 11.8 Å². The Balaban J connectivity index is 2.68. The van der Waals surface area contributed by atoms with Crippen molar-refractivity contribution in [3.05, 3.63) is 11.6 Å². The highest BCUT2D eigenvalue weighted by atomic mass is 28.4. The molecule has 1 aliphatic rings. The summed E-state index contributed by atoms with van der Waals surface area (Å²) in [6.45, 7) is 16.2. The van der Waals surface area contributed by atoms with E-state index in [1.807, 2.05) is 0 Å². The Morgan fingerprint density at radius 2 is 1.79 bits per heavy atom. The van der Waals surface area contributed by atoms with Crippen molar-refractivity contribution < 1.29 is 19.1 Å². The molecular weight excluding hydrogens is 428 g/mol. The normalized spacial score (nSPS) is 18.9. The van der Waals surface area contributed by atoms with E-state index in [4.69, 9.17) is 9.53 Å². The van der Waals surface area contributed by atoms with Crippen LogP contribution in [0.25, 0.3) is 0 Å². The highest BCUT2D eigenvalue weighted by Gasteiger charge is 2.40. The van der Waals surface area contributed by atoms with Crippen molar-refractivity contribution in [3.8, 4) is 0 Å². The number of carbonyl (C=O) groups is 2. The van der Waals surface area contributed by atoms with Crippen LogP contribution in [-0.4, -0.2) is 31.3 Å². The number of allylic oxidation sites excluding steroid dienone is 2. The Hall–Kier alpha value is -0.943. The minimum absolute atomic E-state index is 0.0772. The van der Waals surface area contributed by atoms with Gasteiger partial charge in [0.05, 0.1) is 0 Å². The van der Waals surface area contributed by atoms with Crippen LogP contribution in [0.5, 0.6) is 0 Å². The lowest BCUT2D eigenvalue weighted by Crippen LogP contribution is -2.45. The summed E-state index contributed by atoms with van der Waals surface area (Å²) in [4.78, 5) is 23.2. The molecule has 0 fully saturated rings. The van der Waals surface area contributed by atoms with E-state index in [2.05, 4.69) is 53.8 Å². The molecule has 1 N–H and O–H groups in total. The summed E-state index contributed by atoms with van der Waals surface area (Å²) in [6.07, 6.45) is 14.9. The second-order valence-corrected chi connectivity index (χ2v) is 16.5. The summed E-state index contributed by atoms with van der Waals surface area (Å²) in [5.74, 6) is 0.266. The van der Waals surface area contributed by atoms with Gasteiger partial charge in [-0.15, -0.1) is 0 Å². The van der Waals surface area contributed by atoms with E-state index in [9.17, 15) is 9.59 Å². The van der Waals surface area contributed by atoms with Gasteiger partial charge in [-0.3, -0.25) is 9.59 Å². The molecule has 0 aromatic rings. The molecule has 0 bridgehead atoms. The summed E-state index contributed by atoms with van der Waals surface area (Å²) in [5.41, 5.74) is 1.33. The second kappa shape index (κ2) is 14.5. The van der Waals surface area contributed by atoms with Gasteiger partial charge < -0.3 is 9.53 Å². The van der Waals surface area contributed by atoms with Crippen LogP contribution in [0.2, 0.25) is 18.1 Å². The van der Waals surface area contributed by atoms with Gasteiger partial charge in [-0.05, 0) is 56.2 Å².